The van der Waals surface area contributed by atoms with Crippen LogP contribution in [0.5, 0.6) is 11.5 Å². The molecule has 1 unspecified atom stereocenters. The fourth-order valence-corrected chi connectivity index (χ4v) is 2.17. The zero-order chi connectivity index (χ0) is 15.2. The van der Waals surface area contributed by atoms with Gasteiger partial charge in [0.1, 0.15) is 11.5 Å². The van der Waals surface area contributed by atoms with Crippen molar-refractivity contribution in [2.75, 3.05) is 6.54 Å². The van der Waals surface area contributed by atoms with Gasteiger partial charge in [0.15, 0.2) is 0 Å². The molecule has 1 atom stereocenters. The van der Waals surface area contributed by atoms with Crippen LogP contribution in [0.1, 0.15) is 32.0 Å². The Morgan fingerprint density at radius 2 is 2.05 bits per heavy atom. The number of hydrogen-bond acceptors (Lipinski definition) is 3. The minimum atomic E-state index is 0.216. The third-order valence-electron chi connectivity index (χ3n) is 3.02. The van der Waals surface area contributed by atoms with E-state index in [2.05, 4.69) is 24.1 Å². The number of aromatic nitrogens is 1. The molecule has 0 saturated heterocycles. The smallest absolute Gasteiger partial charge is 0.147 e. The van der Waals surface area contributed by atoms with Crippen molar-refractivity contribution in [1.82, 2.24) is 10.3 Å². The third-order valence-corrected chi connectivity index (χ3v) is 3.57. The van der Waals surface area contributed by atoms with Crippen molar-refractivity contribution >= 4 is 23.2 Å². The summed E-state index contributed by atoms with van der Waals surface area (Å²) < 4.78 is 5.71. The molecule has 0 bridgehead atoms. The second-order valence-corrected chi connectivity index (χ2v) is 5.62. The molecule has 5 heteroatoms. The standard InChI is InChI=1S/C16H18Cl2N2O/c1-3-8-19-11(2)15-7-5-13(10-20-15)21-16-9-12(17)4-6-14(16)18/h4-7,9-11,19H,3,8H2,1-2H3. The molecule has 0 aliphatic rings. The molecule has 21 heavy (non-hydrogen) atoms. The highest BCUT2D eigenvalue weighted by Crippen LogP contribution is 2.31. The van der Waals surface area contributed by atoms with Crippen LogP contribution in [0.25, 0.3) is 0 Å². The zero-order valence-electron chi connectivity index (χ0n) is 12.1. The van der Waals surface area contributed by atoms with E-state index in [0.29, 0.717) is 21.5 Å². The van der Waals surface area contributed by atoms with E-state index in [0.717, 1.165) is 18.7 Å². The van der Waals surface area contributed by atoms with E-state index in [-0.39, 0.29) is 6.04 Å². The fourth-order valence-electron chi connectivity index (χ4n) is 1.86. The van der Waals surface area contributed by atoms with Crippen LogP contribution in [0.15, 0.2) is 36.5 Å². The average Bonchev–Trinajstić information content (AvgIpc) is 2.49. The molecule has 1 heterocycles. The molecule has 0 radical (unpaired) electrons. The number of nitrogens with one attached hydrogen (secondary N) is 1. The Hall–Kier alpha value is -1.29. The first-order valence-corrected chi connectivity index (χ1v) is 7.68. The predicted octanol–water partition coefficient (Wildman–Crippen LogP) is 5.24. The highest BCUT2D eigenvalue weighted by atomic mass is 35.5. The Labute approximate surface area is 135 Å². The molecule has 1 aromatic carbocycles. The van der Waals surface area contributed by atoms with E-state index in [1.807, 2.05) is 12.1 Å². The highest BCUT2D eigenvalue weighted by Gasteiger charge is 2.08. The lowest BCUT2D eigenvalue weighted by molar-refractivity contribution is 0.478. The maximum absolute atomic E-state index is 6.07. The molecule has 0 saturated carbocycles. The second-order valence-electron chi connectivity index (χ2n) is 4.77. The number of pyridine rings is 1. The SMILES string of the molecule is CCCNC(C)c1ccc(Oc2cc(Cl)ccc2Cl)cn1. The normalized spacial score (nSPS) is 12.2. The lowest BCUT2D eigenvalue weighted by Gasteiger charge is -2.13. The molecule has 0 aliphatic heterocycles. The molecule has 0 spiro atoms. The van der Waals surface area contributed by atoms with Gasteiger partial charge in [-0.15, -0.1) is 0 Å². The van der Waals surface area contributed by atoms with Gasteiger partial charge in [-0.3, -0.25) is 4.98 Å². The molecular formula is C16H18Cl2N2O. The molecule has 1 aromatic heterocycles. The maximum atomic E-state index is 6.07. The minimum absolute atomic E-state index is 0.216. The van der Waals surface area contributed by atoms with Gasteiger partial charge in [0.2, 0.25) is 0 Å². The van der Waals surface area contributed by atoms with Crippen LogP contribution in [0, 0.1) is 0 Å². The lowest BCUT2D eigenvalue weighted by Crippen LogP contribution is -2.20. The summed E-state index contributed by atoms with van der Waals surface area (Å²) in [6.07, 6.45) is 2.79. The summed E-state index contributed by atoms with van der Waals surface area (Å²) >= 11 is 12.0. The van der Waals surface area contributed by atoms with Crippen molar-refractivity contribution < 1.29 is 4.74 Å². The molecule has 0 aliphatic carbocycles. The van der Waals surface area contributed by atoms with E-state index >= 15 is 0 Å². The van der Waals surface area contributed by atoms with Gasteiger partial charge >= 0.3 is 0 Å². The van der Waals surface area contributed by atoms with E-state index in [1.165, 1.54) is 0 Å². The summed E-state index contributed by atoms with van der Waals surface area (Å²) in [7, 11) is 0. The molecule has 0 fully saturated rings. The first-order chi connectivity index (χ1) is 10.1. The van der Waals surface area contributed by atoms with E-state index in [9.17, 15) is 0 Å². The summed E-state index contributed by atoms with van der Waals surface area (Å²) in [6.45, 7) is 5.20. The molecule has 2 rings (SSSR count). The van der Waals surface area contributed by atoms with Gasteiger partial charge in [0.25, 0.3) is 0 Å². The Morgan fingerprint density at radius 3 is 2.71 bits per heavy atom. The van der Waals surface area contributed by atoms with Gasteiger partial charge in [-0.2, -0.15) is 0 Å². The molecule has 3 nitrogen and oxygen atoms in total. The lowest BCUT2D eigenvalue weighted by atomic mass is 10.2. The number of benzene rings is 1. The van der Waals surface area contributed by atoms with Gasteiger partial charge in [-0.05, 0) is 44.2 Å². The molecule has 0 amide bonds. The monoisotopic (exact) mass is 324 g/mol. The van der Waals surface area contributed by atoms with Gasteiger partial charge in [-0.1, -0.05) is 30.1 Å². The topological polar surface area (TPSA) is 34.1 Å². The van der Waals surface area contributed by atoms with Crippen molar-refractivity contribution in [2.24, 2.45) is 0 Å². The summed E-state index contributed by atoms with van der Waals surface area (Å²) in [6, 6.07) is 9.15. The second kappa shape index (κ2) is 7.64. The summed E-state index contributed by atoms with van der Waals surface area (Å²) in [5.41, 5.74) is 0.980. The van der Waals surface area contributed by atoms with Crippen LogP contribution >= 0.6 is 23.2 Å². The van der Waals surface area contributed by atoms with Crippen molar-refractivity contribution in [2.45, 2.75) is 26.3 Å². The van der Waals surface area contributed by atoms with Crippen LogP contribution in [-0.4, -0.2) is 11.5 Å². The Balaban J connectivity index is 2.07. The quantitative estimate of drug-likeness (QED) is 0.788. The van der Waals surface area contributed by atoms with E-state index in [4.69, 9.17) is 27.9 Å². The van der Waals surface area contributed by atoms with Crippen molar-refractivity contribution in [3.63, 3.8) is 0 Å². The molecule has 1 N–H and O–H groups in total. The van der Waals surface area contributed by atoms with E-state index < -0.39 is 0 Å². The zero-order valence-corrected chi connectivity index (χ0v) is 13.6. The summed E-state index contributed by atoms with van der Waals surface area (Å²) in [5, 5.41) is 4.49. The number of halogens is 2. The Bertz CT molecular complexity index is 587. The average molecular weight is 325 g/mol. The van der Waals surface area contributed by atoms with Crippen LogP contribution in [-0.2, 0) is 0 Å². The van der Waals surface area contributed by atoms with Gasteiger partial charge in [0, 0.05) is 17.1 Å². The van der Waals surface area contributed by atoms with Crippen LogP contribution in [0.3, 0.4) is 0 Å². The number of hydrogen-bond donors (Lipinski definition) is 1. The number of ether oxygens (including phenoxy) is 1. The number of rotatable bonds is 6. The molecule has 2 aromatic rings. The first-order valence-electron chi connectivity index (χ1n) is 6.92. The van der Waals surface area contributed by atoms with Crippen molar-refractivity contribution in [3.05, 3.63) is 52.3 Å². The summed E-state index contributed by atoms with van der Waals surface area (Å²) in [5.74, 6) is 1.15. The molecular weight excluding hydrogens is 307 g/mol. The van der Waals surface area contributed by atoms with Crippen LogP contribution < -0.4 is 10.1 Å². The highest BCUT2D eigenvalue weighted by molar-refractivity contribution is 6.34. The number of nitrogens with zero attached hydrogens (tertiary/aromatic N) is 1. The van der Waals surface area contributed by atoms with Gasteiger partial charge < -0.3 is 10.1 Å². The predicted molar refractivity (Wildman–Crippen MR) is 87.5 cm³/mol. The van der Waals surface area contributed by atoms with E-state index in [1.54, 1.807) is 24.4 Å². The van der Waals surface area contributed by atoms with Gasteiger partial charge in [-0.25, -0.2) is 0 Å². The largest absolute Gasteiger partial charge is 0.454 e. The Morgan fingerprint density at radius 1 is 1.24 bits per heavy atom. The summed E-state index contributed by atoms with van der Waals surface area (Å²) in [4.78, 5) is 4.42. The first kappa shape index (κ1) is 16.1. The van der Waals surface area contributed by atoms with Crippen molar-refractivity contribution in [1.29, 1.82) is 0 Å². The minimum Gasteiger partial charge on any atom is -0.454 e. The third kappa shape index (κ3) is 4.60. The van der Waals surface area contributed by atoms with Gasteiger partial charge in [0.05, 0.1) is 16.9 Å². The molecule has 112 valence electrons. The fraction of sp³-hybridized carbons (Fsp3) is 0.312. The Kier molecular flexibility index (Phi) is 5.85. The van der Waals surface area contributed by atoms with Crippen LogP contribution in [0.2, 0.25) is 10.0 Å². The van der Waals surface area contributed by atoms with Crippen molar-refractivity contribution in [3.8, 4) is 11.5 Å². The van der Waals surface area contributed by atoms with Crippen LogP contribution in [0.4, 0.5) is 0 Å². The maximum Gasteiger partial charge on any atom is 0.147 e.